The van der Waals surface area contributed by atoms with E-state index in [0.29, 0.717) is 12.1 Å². The van der Waals surface area contributed by atoms with Gasteiger partial charge in [0.05, 0.1) is 24.5 Å². The van der Waals surface area contributed by atoms with Crippen molar-refractivity contribution in [3.8, 4) is 6.07 Å². The zero-order chi connectivity index (χ0) is 14.8. The summed E-state index contributed by atoms with van der Waals surface area (Å²) in [6, 6.07) is 9.28. The molecule has 2 rings (SSSR count). The molecule has 2 aromatic rings. The van der Waals surface area contributed by atoms with Gasteiger partial charge < -0.3 is 9.67 Å². The number of rotatable bonds is 3. The van der Waals surface area contributed by atoms with Crippen LogP contribution in [0.1, 0.15) is 31.9 Å². The molecule has 0 amide bonds. The second-order valence-electron chi connectivity index (χ2n) is 6.04. The van der Waals surface area contributed by atoms with E-state index < -0.39 is 5.60 Å². The summed E-state index contributed by atoms with van der Waals surface area (Å²) >= 11 is 0. The molecule has 1 aromatic heterocycles. The Bertz CT molecular complexity index is 620. The lowest BCUT2D eigenvalue weighted by Crippen LogP contribution is -2.43. The SMILES string of the molecule is CC(C)(C)C(O)(Cn1ccnc1)c1cccc(C#N)c1. The lowest BCUT2D eigenvalue weighted by Gasteiger charge is -2.41. The Morgan fingerprint density at radius 2 is 2.10 bits per heavy atom. The number of aliphatic hydroxyl groups is 1. The summed E-state index contributed by atoms with van der Waals surface area (Å²) in [7, 11) is 0. The number of aromatic nitrogens is 2. The fourth-order valence-corrected chi connectivity index (χ4v) is 2.25. The van der Waals surface area contributed by atoms with Crippen molar-refractivity contribution < 1.29 is 5.11 Å². The van der Waals surface area contributed by atoms with Gasteiger partial charge in [-0.3, -0.25) is 0 Å². The van der Waals surface area contributed by atoms with Crippen molar-refractivity contribution in [3.05, 3.63) is 54.1 Å². The highest BCUT2D eigenvalue weighted by molar-refractivity contribution is 5.36. The Balaban J connectivity index is 2.49. The molecule has 0 radical (unpaired) electrons. The Labute approximate surface area is 119 Å². The Morgan fingerprint density at radius 3 is 2.65 bits per heavy atom. The van der Waals surface area contributed by atoms with Crippen LogP contribution in [-0.2, 0) is 12.1 Å². The van der Waals surface area contributed by atoms with Crippen LogP contribution in [-0.4, -0.2) is 14.7 Å². The van der Waals surface area contributed by atoms with E-state index in [1.165, 1.54) is 0 Å². The highest BCUT2D eigenvalue weighted by atomic mass is 16.3. The van der Waals surface area contributed by atoms with Gasteiger partial charge in [0.15, 0.2) is 0 Å². The summed E-state index contributed by atoms with van der Waals surface area (Å²) in [4.78, 5) is 4.02. The van der Waals surface area contributed by atoms with E-state index in [-0.39, 0.29) is 5.41 Å². The molecule has 0 saturated carbocycles. The molecule has 0 bridgehead atoms. The topological polar surface area (TPSA) is 61.8 Å². The van der Waals surface area contributed by atoms with Gasteiger partial charge in [0, 0.05) is 12.4 Å². The maximum absolute atomic E-state index is 11.3. The molecular weight excluding hydrogens is 250 g/mol. The molecule has 0 saturated heterocycles. The minimum absolute atomic E-state index is 0.384. The fourth-order valence-electron chi connectivity index (χ4n) is 2.25. The Hall–Kier alpha value is -2.12. The van der Waals surface area contributed by atoms with Crippen LogP contribution in [0.15, 0.2) is 43.0 Å². The normalized spacial score (nSPS) is 14.6. The van der Waals surface area contributed by atoms with Gasteiger partial charge in [-0.15, -0.1) is 0 Å². The molecule has 1 N–H and O–H groups in total. The third kappa shape index (κ3) is 2.59. The first-order chi connectivity index (χ1) is 9.37. The number of nitrogens with zero attached hydrogens (tertiary/aromatic N) is 3. The van der Waals surface area contributed by atoms with Gasteiger partial charge >= 0.3 is 0 Å². The van der Waals surface area contributed by atoms with Crippen molar-refractivity contribution in [1.82, 2.24) is 9.55 Å². The third-order valence-electron chi connectivity index (χ3n) is 3.68. The summed E-state index contributed by atoms with van der Waals surface area (Å²) in [5, 5.41) is 20.3. The molecule has 1 atom stereocenters. The Kier molecular flexibility index (Phi) is 3.65. The molecule has 0 spiro atoms. The van der Waals surface area contributed by atoms with Gasteiger partial charge in [-0.1, -0.05) is 32.9 Å². The lowest BCUT2D eigenvalue weighted by atomic mass is 9.72. The van der Waals surface area contributed by atoms with Gasteiger partial charge in [-0.25, -0.2) is 4.98 Å². The van der Waals surface area contributed by atoms with Crippen LogP contribution in [0, 0.1) is 16.7 Å². The monoisotopic (exact) mass is 269 g/mol. The van der Waals surface area contributed by atoms with Crippen molar-refractivity contribution in [3.63, 3.8) is 0 Å². The number of imidazole rings is 1. The van der Waals surface area contributed by atoms with Crippen LogP contribution in [0.5, 0.6) is 0 Å². The zero-order valence-corrected chi connectivity index (χ0v) is 12.0. The summed E-state index contributed by atoms with van der Waals surface area (Å²) in [6.45, 7) is 6.36. The molecule has 4 heteroatoms. The van der Waals surface area contributed by atoms with Crippen molar-refractivity contribution in [1.29, 1.82) is 5.26 Å². The van der Waals surface area contributed by atoms with Gasteiger partial charge in [0.2, 0.25) is 0 Å². The number of nitriles is 1. The average Bonchev–Trinajstić information content (AvgIpc) is 2.90. The first-order valence-corrected chi connectivity index (χ1v) is 6.55. The van der Waals surface area contributed by atoms with Gasteiger partial charge in [-0.05, 0) is 23.1 Å². The van der Waals surface area contributed by atoms with E-state index in [1.807, 2.05) is 37.6 Å². The quantitative estimate of drug-likeness (QED) is 0.931. The van der Waals surface area contributed by atoms with Gasteiger partial charge in [0.1, 0.15) is 5.60 Å². The molecule has 1 unspecified atom stereocenters. The molecular formula is C16H19N3O. The standard InChI is InChI=1S/C16H19N3O/c1-15(2,3)16(20,11-19-8-7-18-12-19)14-6-4-5-13(9-14)10-17/h4-9,12,20H,11H2,1-3H3. The van der Waals surface area contributed by atoms with Crippen molar-refractivity contribution in [2.45, 2.75) is 32.9 Å². The molecule has 0 fully saturated rings. The van der Waals surface area contributed by atoms with Crippen LogP contribution in [0.2, 0.25) is 0 Å². The molecule has 1 aromatic carbocycles. The summed E-state index contributed by atoms with van der Waals surface area (Å²) in [5.41, 5.74) is -0.167. The molecule has 1 heterocycles. The van der Waals surface area contributed by atoms with Crippen molar-refractivity contribution in [2.75, 3.05) is 0 Å². The van der Waals surface area contributed by atoms with E-state index in [0.717, 1.165) is 5.56 Å². The first-order valence-electron chi connectivity index (χ1n) is 6.55. The predicted molar refractivity (Wildman–Crippen MR) is 76.7 cm³/mol. The fraction of sp³-hybridized carbons (Fsp3) is 0.375. The zero-order valence-electron chi connectivity index (χ0n) is 12.0. The van der Waals surface area contributed by atoms with E-state index in [4.69, 9.17) is 5.26 Å². The highest BCUT2D eigenvalue weighted by Crippen LogP contribution is 2.40. The van der Waals surface area contributed by atoms with E-state index in [2.05, 4.69) is 11.1 Å². The number of benzene rings is 1. The van der Waals surface area contributed by atoms with Crippen molar-refractivity contribution in [2.24, 2.45) is 5.41 Å². The van der Waals surface area contributed by atoms with Crippen LogP contribution < -0.4 is 0 Å². The summed E-state index contributed by atoms with van der Waals surface area (Å²) in [5.74, 6) is 0. The van der Waals surface area contributed by atoms with E-state index in [9.17, 15) is 5.11 Å². The molecule has 0 aliphatic heterocycles. The van der Waals surface area contributed by atoms with Gasteiger partial charge in [0.25, 0.3) is 0 Å². The summed E-state index contributed by atoms with van der Waals surface area (Å²) < 4.78 is 1.85. The number of hydrogen-bond acceptors (Lipinski definition) is 3. The third-order valence-corrected chi connectivity index (χ3v) is 3.68. The van der Waals surface area contributed by atoms with Crippen molar-refractivity contribution >= 4 is 0 Å². The summed E-state index contributed by atoms with van der Waals surface area (Å²) in [6.07, 6.45) is 5.20. The number of hydrogen-bond donors (Lipinski definition) is 1. The Morgan fingerprint density at radius 1 is 1.35 bits per heavy atom. The van der Waals surface area contributed by atoms with E-state index >= 15 is 0 Å². The average molecular weight is 269 g/mol. The second kappa shape index (κ2) is 5.10. The van der Waals surface area contributed by atoms with Crippen LogP contribution >= 0.6 is 0 Å². The molecule has 4 nitrogen and oxygen atoms in total. The predicted octanol–water partition coefficient (Wildman–Crippen LogP) is 2.69. The smallest absolute Gasteiger partial charge is 0.112 e. The van der Waals surface area contributed by atoms with Crippen LogP contribution in [0.25, 0.3) is 0 Å². The second-order valence-corrected chi connectivity index (χ2v) is 6.04. The van der Waals surface area contributed by atoms with Crippen LogP contribution in [0.4, 0.5) is 0 Å². The molecule has 0 aliphatic carbocycles. The van der Waals surface area contributed by atoms with E-state index in [1.54, 1.807) is 30.7 Å². The highest BCUT2D eigenvalue weighted by Gasteiger charge is 2.42. The maximum Gasteiger partial charge on any atom is 0.112 e. The van der Waals surface area contributed by atoms with Crippen LogP contribution in [0.3, 0.4) is 0 Å². The lowest BCUT2D eigenvalue weighted by molar-refractivity contribution is -0.0781. The molecule has 104 valence electrons. The minimum Gasteiger partial charge on any atom is -0.383 e. The maximum atomic E-state index is 11.3. The molecule has 20 heavy (non-hydrogen) atoms. The minimum atomic E-state index is -1.08. The first kappa shape index (κ1) is 14.3. The largest absolute Gasteiger partial charge is 0.383 e. The van der Waals surface area contributed by atoms with Gasteiger partial charge in [-0.2, -0.15) is 5.26 Å². The molecule has 0 aliphatic rings.